The van der Waals surface area contributed by atoms with E-state index in [1.165, 1.54) is 55.7 Å². The first kappa shape index (κ1) is 20.2. The van der Waals surface area contributed by atoms with Crippen LogP contribution in [0.2, 0.25) is 0 Å². The van der Waals surface area contributed by atoms with E-state index in [4.69, 9.17) is 0 Å². The third-order valence-electron chi connectivity index (χ3n) is 4.48. The molecule has 0 aliphatic rings. The number of benzene rings is 1. The highest BCUT2D eigenvalue weighted by Gasteiger charge is 2.24. The number of aliphatic hydroxyl groups is 1. The van der Waals surface area contributed by atoms with Crippen molar-refractivity contribution in [1.82, 2.24) is 19.9 Å². The van der Waals surface area contributed by atoms with Gasteiger partial charge in [-0.1, -0.05) is 12.1 Å². The molecule has 1 aromatic carbocycles. The molecule has 0 saturated carbocycles. The molecule has 2 aromatic heterocycles. The van der Waals surface area contributed by atoms with Crippen LogP contribution in [0.15, 0.2) is 58.4 Å². The summed E-state index contributed by atoms with van der Waals surface area (Å²) >= 11 is 0. The van der Waals surface area contributed by atoms with Gasteiger partial charge in [-0.3, -0.25) is 9.59 Å². The van der Waals surface area contributed by atoms with E-state index in [2.05, 4.69) is 15.3 Å². The van der Waals surface area contributed by atoms with Gasteiger partial charge in [0.1, 0.15) is 17.2 Å². The molecular weight excluding hydrogens is 379 g/mol. The predicted molar refractivity (Wildman–Crippen MR) is 103 cm³/mol. The molecule has 3 rings (SSSR count). The summed E-state index contributed by atoms with van der Waals surface area (Å²) in [4.78, 5) is 43.0. The van der Waals surface area contributed by atoms with Gasteiger partial charge in [0.2, 0.25) is 0 Å². The Labute approximate surface area is 164 Å². The quantitative estimate of drug-likeness (QED) is 0.593. The monoisotopic (exact) mass is 398 g/mol. The van der Waals surface area contributed by atoms with Crippen molar-refractivity contribution in [3.05, 3.63) is 92.1 Å². The number of carbonyl (C=O) groups excluding carboxylic acids is 1. The van der Waals surface area contributed by atoms with E-state index in [0.717, 1.165) is 4.57 Å². The lowest BCUT2D eigenvalue weighted by atomic mass is 9.96. The molecule has 0 radical (unpaired) electrons. The number of aromatic amines is 1. The smallest absolute Gasteiger partial charge is 0.334 e. The molecule has 0 aliphatic carbocycles. The highest BCUT2D eigenvalue weighted by atomic mass is 19.1. The van der Waals surface area contributed by atoms with Crippen LogP contribution in [0.1, 0.15) is 28.4 Å². The fraction of sp³-hybridized carbons (Fsp3) is 0.200. The number of hydrogen-bond acceptors (Lipinski definition) is 5. The third-order valence-corrected chi connectivity index (χ3v) is 4.48. The van der Waals surface area contributed by atoms with Crippen LogP contribution in [-0.2, 0) is 5.60 Å². The third kappa shape index (κ3) is 4.30. The maximum Gasteiger partial charge on any atom is 0.334 e. The average molecular weight is 398 g/mol. The summed E-state index contributed by atoms with van der Waals surface area (Å²) in [6, 6.07) is 7.81. The van der Waals surface area contributed by atoms with Crippen LogP contribution in [0, 0.1) is 12.7 Å². The van der Waals surface area contributed by atoms with Crippen LogP contribution in [0.3, 0.4) is 0 Å². The van der Waals surface area contributed by atoms with Crippen LogP contribution in [-0.4, -0.2) is 32.1 Å². The van der Waals surface area contributed by atoms with E-state index >= 15 is 0 Å². The molecule has 0 bridgehead atoms. The first-order valence-corrected chi connectivity index (χ1v) is 8.73. The Hall–Kier alpha value is -3.59. The first-order valence-electron chi connectivity index (χ1n) is 8.73. The predicted octanol–water partition coefficient (Wildman–Crippen LogP) is 1.01. The van der Waals surface area contributed by atoms with Crippen molar-refractivity contribution in [2.24, 2.45) is 0 Å². The van der Waals surface area contributed by atoms with Crippen molar-refractivity contribution in [3.63, 3.8) is 0 Å². The Morgan fingerprint density at radius 3 is 2.62 bits per heavy atom. The minimum absolute atomic E-state index is 0.00195. The number of aryl methyl sites for hydroxylation is 1. The van der Waals surface area contributed by atoms with Gasteiger partial charge in [0.05, 0.1) is 6.54 Å². The number of halogens is 1. The highest BCUT2D eigenvalue weighted by Crippen LogP contribution is 2.20. The largest absolute Gasteiger partial charge is 0.384 e. The van der Waals surface area contributed by atoms with E-state index in [9.17, 15) is 23.9 Å². The topological polar surface area (TPSA) is 117 Å². The molecule has 0 aliphatic heterocycles. The van der Waals surface area contributed by atoms with Crippen molar-refractivity contribution >= 4 is 5.91 Å². The lowest BCUT2D eigenvalue weighted by Crippen LogP contribution is -2.39. The normalized spacial score (nSPS) is 13.0. The summed E-state index contributed by atoms with van der Waals surface area (Å²) < 4.78 is 13.9. The Morgan fingerprint density at radius 1 is 1.28 bits per heavy atom. The molecular formula is C20H19FN4O4. The van der Waals surface area contributed by atoms with Crippen LogP contribution >= 0.6 is 0 Å². The van der Waals surface area contributed by atoms with Crippen molar-refractivity contribution in [3.8, 4) is 5.82 Å². The molecule has 29 heavy (non-hydrogen) atoms. The zero-order chi connectivity index (χ0) is 21.2. The lowest BCUT2D eigenvalue weighted by Gasteiger charge is -2.24. The number of carbonyl (C=O) groups is 1. The number of pyridine rings is 1. The van der Waals surface area contributed by atoms with Gasteiger partial charge >= 0.3 is 5.69 Å². The second-order valence-corrected chi connectivity index (χ2v) is 6.78. The van der Waals surface area contributed by atoms with Crippen molar-refractivity contribution in [2.75, 3.05) is 6.54 Å². The Morgan fingerprint density at radius 2 is 1.97 bits per heavy atom. The molecule has 150 valence electrons. The van der Waals surface area contributed by atoms with Crippen molar-refractivity contribution in [1.29, 1.82) is 0 Å². The molecule has 2 heterocycles. The second-order valence-electron chi connectivity index (χ2n) is 6.78. The number of nitrogens with zero attached hydrogens (tertiary/aromatic N) is 2. The number of rotatable bonds is 5. The van der Waals surface area contributed by atoms with Crippen LogP contribution in [0.25, 0.3) is 5.82 Å². The summed E-state index contributed by atoms with van der Waals surface area (Å²) in [5.74, 6) is -0.952. The van der Waals surface area contributed by atoms with E-state index in [-0.39, 0.29) is 17.9 Å². The second kappa shape index (κ2) is 7.80. The zero-order valence-electron chi connectivity index (χ0n) is 15.8. The summed E-state index contributed by atoms with van der Waals surface area (Å²) in [7, 11) is 0. The maximum atomic E-state index is 13.1. The standard InChI is InChI=1S/C20H19FN4O4/c1-12-10-23-16(25-17(26)7-8-22-19(25)28)9-15(12)18(27)24-11-20(2,29)13-3-5-14(21)6-4-13/h3-10,29H,11H2,1-2H3,(H,22,28)(H,24,27). The average Bonchev–Trinajstić information content (AvgIpc) is 2.67. The van der Waals surface area contributed by atoms with Gasteiger partial charge in [0.15, 0.2) is 0 Å². The number of H-pyrrole nitrogens is 1. The lowest BCUT2D eigenvalue weighted by molar-refractivity contribution is 0.0525. The summed E-state index contributed by atoms with van der Waals surface area (Å²) in [5, 5.41) is 13.2. The Bertz CT molecular complexity index is 1140. The highest BCUT2D eigenvalue weighted by molar-refractivity contribution is 5.96. The molecule has 1 unspecified atom stereocenters. The summed E-state index contributed by atoms with van der Waals surface area (Å²) in [6.07, 6.45) is 2.60. The molecule has 3 aromatic rings. The fourth-order valence-corrected chi connectivity index (χ4v) is 2.78. The van der Waals surface area contributed by atoms with Gasteiger partial charge < -0.3 is 15.4 Å². The van der Waals surface area contributed by atoms with Crippen LogP contribution in [0.5, 0.6) is 0 Å². The van der Waals surface area contributed by atoms with Gasteiger partial charge in [-0.25, -0.2) is 18.7 Å². The van der Waals surface area contributed by atoms with E-state index < -0.39 is 28.6 Å². The Balaban J connectivity index is 1.85. The minimum Gasteiger partial charge on any atom is -0.384 e. The van der Waals surface area contributed by atoms with Crippen LogP contribution < -0.4 is 16.6 Å². The van der Waals surface area contributed by atoms with Gasteiger partial charge in [0, 0.05) is 24.0 Å². The number of hydrogen-bond donors (Lipinski definition) is 3. The van der Waals surface area contributed by atoms with Crippen molar-refractivity contribution in [2.45, 2.75) is 19.4 Å². The van der Waals surface area contributed by atoms with E-state index in [1.807, 2.05) is 0 Å². The molecule has 3 N–H and O–H groups in total. The first-order chi connectivity index (χ1) is 13.7. The minimum atomic E-state index is -1.43. The summed E-state index contributed by atoms with van der Waals surface area (Å²) in [6.45, 7) is 3.01. The summed E-state index contributed by atoms with van der Waals surface area (Å²) in [5.41, 5.74) is -1.54. The molecule has 0 fully saturated rings. The Kier molecular flexibility index (Phi) is 5.42. The fourth-order valence-electron chi connectivity index (χ4n) is 2.78. The molecule has 0 saturated heterocycles. The number of amides is 1. The molecule has 8 nitrogen and oxygen atoms in total. The molecule has 1 atom stereocenters. The molecule has 1 amide bonds. The van der Waals surface area contributed by atoms with Gasteiger partial charge in [-0.05, 0) is 43.2 Å². The van der Waals surface area contributed by atoms with E-state index in [0.29, 0.717) is 11.1 Å². The molecule has 9 heteroatoms. The van der Waals surface area contributed by atoms with E-state index in [1.54, 1.807) is 6.92 Å². The zero-order valence-corrected chi connectivity index (χ0v) is 15.8. The number of aromatic nitrogens is 3. The van der Waals surface area contributed by atoms with Crippen molar-refractivity contribution < 1.29 is 14.3 Å². The van der Waals surface area contributed by atoms with Gasteiger partial charge in [0.25, 0.3) is 11.5 Å². The van der Waals surface area contributed by atoms with Gasteiger partial charge in [-0.2, -0.15) is 0 Å². The maximum absolute atomic E-state index is 13.1. The molecule has 0 spiro atoms. The van der Waals surface area contributed by atoms with Gasteiger partial charge in [-0.15, -0.1) is 0 Å². The number of nitrogens with one attached hydrogen (secondary N) is 2. The SMILES string of the molecule is Cc1cnc(-n2c(=O)cc[nH]c2=O)cc1C(=O)NCC(C)(O)c1ccc(F)cc1. The van der Waals surface area contributed by atoms with Crippen LogP contribution in [0.4, 0.5) is 4.39 Å².